The van der Waals surface area contributed by atoms with Gasteiger partial charge in [-0.1, -0.05) is 6.92 Å². The molecule has 5 nitrogen and oxygen atoms in total. The van der Waals surface area contributed by atoms with Gasteiger partial charge >= 0.3 is 0 Å². The third kappa shape index (κ3) is 4.78. The van der Waals surface area contributed by atoms with Gasteiger partial charge in [-0.2, -0.15) is 0 Å². The molecule has 0 spiro atoms. The standard InChI is InChI=1S/C10H22N2O3S/c1-3-8-16(13,14)11-9-10(2)12-4-6-15-7-5-12/h10-11H,3-9H2,1-2H3. The third-order valence-electron chi connectivity index (χ3n) is 2.74. The Morgan fingerprint density at radius 2 is 2.00 bits per heavy atom. The molecular formula is C10H22N2O3S. The second kappa shape index (κ2) is 6.54. The highest BCUT2D eigenvalue weighted by atomic mass is 32.2. The van der Waals surface area contributed by atoms with Crippen LogP contribution in [-0.4, -0.2) is 58.0 Å². The van der Waals surface area contributed by atoms with E-state index in [0.29, 0.717) is 13.0 Å². The van der Waals surface area contributed by atoms with Crippen LogP contribution in [0.25, 0.3) is 0 Å². The van der Waals surface area contributed by atoms with Crippen LogP contribution in [0.5, 0.6) is 0 Å². The fraction of sp³-hybridized carbons (Fsp3) is 1.00. The summed E-state index contributed by atoms with van der Waals surface area (Å²) in [5, 5.41) is 0. The van der Waals surface area contributed by atoms with Gasteiger partial charge in [-0.3, -0.25) is 4.90 Å². The van der Waals surface area contributed by atoms with Gasteiger partial charge in [-0.25, -0.2) is 13.1 Å². The van der Waals surface area contributed by atoms with Crippen LogP contribution in [0.4, 0.5) is 0 Å². The summed E-state index contributed by atoms with van der Waals surface area (Å²) in [6, 6.07) is 0.232. The first-order valence-electron chi connectivity index (χ1n) is 5.84. The van der Waals surface area contributed by atoms with E-state index in [9.17, 15) is 8.42 Å². The van der Waals surface area contributed by atoms with Crippen LogP contribution >= 0.6 is 0 Å². The van der Waals surface area contributed by atoms with Crippen molar-refractivity contribution in [1.82, 2.24) is 9.62 Å². The summed E-state index contributed by atoms with van der Waals surface area (Å²) in [6.07, 6.45) is 0.654. The Bertz CT molecular complexity index is 286. The fourth-order valence-electron chi connectivity index (χ4n) is 1.74. The maximum Gasteiger partial charge on any atom is 0.211 e. The summed E-state index contributed by atoms with van der Waals surface area (Å²) in [4.78, 5) is 2.25. The summed E-state index contributed by atoms with van der Waals surface area (Å²) in [7, 11) is -3.07. The van der Waals surface area contributed by atoms with E-state index >= 15 is 0 Å². The molecule has 1 fully saturated rings. The largest absolute Gasteiger partial charge is 0.379 e. The molecule has 0 aliphatic carbocycles. The van der Waals surface area contributed by atoms with Crippen molar-refractivity contribution in [3.8, 4) is 0 Å². The van der Waals surface area contributed by atoms with Gasteiger partial charge in [-0.05, 0) is 13.3 Å². The Hall–Kier alpha value is -0.170. The molecule has 96 valence electrons. The number of rotatable bonds is 6. The first-order valence-corrected chi connectivity index (χ1v) is 7.49. The van der Waals surface area contributed by atoms with Crippen LogP contribution in [0.3, 0.4) is 0 Å². The van der Waals surface area contributed by atoms with E-state index < -0.39 is 10.0 Å². The molecule has 0 radical (unpaired) electrons. The van der Waals surface area contributed by atoms with Gasteiger partial charge in [0.1, 0.15) is 0 Å². The van der Waals surface area contributed by atoms with E-state index in [1.54, 1.807) is 0 Å². The number of nitrogens with zero attached hydrogens (tertiary/aromatic N) is 1. The molecule has 16 heavy (non-hydrogen) atoms. The van der Waals surface area contributed by atoms with Gasteiger partial charge in [0.2, 0.25) is 10.0 Å². The molecular weight excluding hydrogens is 228 g/mol. The molecule has 1 saturated heterocycles. The SMILES string of the molecule is CCCS(=O)(=O)NCC(C)N1CCOCC1. The van der Waals surface area contributed by atoms with Crippen LogP contribution < -0.4 is 4.72 Å². The lowest BCUT2D eigenvalue weighted by Crippen LogP contribution is -2.47. The van der Waals surface area contributed by atoms with E-state index in [1.807, 2.05) is 13.8 Å². The van der Waals surface area contributed by atoms with Crippen LogP contribution in [0.2, 0.25) is 0 Å². The number of nitrogens with one attached hydrogen (secondary N) is 1. The zero-order valence-electron chi connectivity index (χ0n) is 10.1. The minimum Gasteiger partial charge on any atom is -0.379 e. The van der Waals surface area contributed by atoms with Crippen molar-refractivity contribution in [1.29, 1.82) is 0 Å². The number of ether oxygens (including phenoxy) is 1. The van der Waals surface area contributed by atoms with E-state index in [2.05, 4.69) is 9.62 Å². The molecule has 0 aromatic carbocycles. The number of morpholine rings is 1. The molecule has 1 aliphatic heterocycles. The molecule has 1 rings (SSSR count). The third-order valence-corrected chi connectivity index (χ3v) is 4.29. The summed E-state index contributed by atoms with van der Waals surface area (Å²) in [5.74, 6) is 0.211. The highest BCUT2D eigenvalue weighted by Crippen LogP contribution is 2.03. The zero-order chi connectivity index (χ0) is 12.0. The molecule has 1 N–H and O–H groups in total. The van der Waals surface area contributed by atoms with Crippen LogP contribution in [-0.2, 0) is 14.8 Å². The number of hydrogen-bond donors (Lipinski definition) is 1. The molecule has 0 aromatic rings. The lowest BCUT2D eigenvalue weighted by molar-refractivity contribution is 0.0213. The minimum atomic E-state index is -3.07. The lowest BCUT2D eigenvalue weighted by Gasteiger charge is -2.32. The highest BCUT2D eigenvalue weighted by molar-refractivity contribution is 7.89. The second-order valence-electron chi connectivity index (χ2n) is 4.16. The quantitative estimate of drug-likeness (QED) is 0.723. The normalized spacial score (nSPS) is 20.9. The molecule has 0 saturated carbocycles. The van der Waals surface area contributed by atoms with Crippen molar-refractivity contribution in [3.63, 3.8) is 0 Å². The smallest absolute Gasteiger partial charge is 0.211 e. The summed E-state index contributed by atoms with van der Waals surface area (Å²) < 4.78 is 30.8. The maximum atomic E-state index is 11.5. The van der Waals surface area contributed by atoms with Gasteiger partial charge in [0, 0.05) is 25.7 Å². The van der Waals surface area contributed by atoms with Crippen LogP contribution in [0.15, 0.2) is 0 Å². The minimum absolute atomic E-state index is 0.211. The molecule has 6 heteroatoms. The maximum absolute atomic E-state index is 11.5. The molecule has 0 aromatic heterocycles. The van der Waals surface area contributed by atoms with E-state index in [0.717, 1.165) is 26.3 Å². The Morgan fingerprint density at radius 1 is 1.38 bits per heavy atom. The predicted octanol–water partition coefficient (Wildman–Crippen LogP) is 0.0365. The average Bonchev–Trinajstić information content (AvgIpc) is 2.27. The Labute approximate surface area is 98.2 Å². The monoisotopic (exact) mass is 250 g/mol. The van der Waals surface area contributed by atoms with Gasteiger partial charge in [-0.15, -0.1) is 0 Å². The zero-order valence-corrected chi connectivity index (χ0v) is 10.9. The van der Waals surface area contributed by atoms with Gasteiger partial charge in [0.15, 0.2) is 0 Å². The Kier molecular flexibility index (Phi) is 5.68. The van der Waals surface area contributed by atoms with E-state index in [4.69, 9.17) is 4.74 Å². The van der Waals surface area contributed by atoms with Crippen molar-refractivity contribution in [2.75, 3.05) is 38.6 Å². The summed E-state index contributed by atoms with van der Waals surface area (Å²) in [6.45, 7) is 7.65. The molecule has 1 unspecified atom stereocenters. The van der Waals surface area contributed by atoms with Crippen molar-refractivity contribution in [3.05, 3.63) is 0 Å². The summed E-state index contributed by atoms with van der Waals surface area (Å²) >= 11 is 0. The topological polar surface area (TPSA) is 58.6 Å². The van der Waals surface area contributed by atoms with Crippen molar-refractivity contribution in [2.45, 2.75) is 26.3 Å². The van der Waals surface area contributed by atoms with Gasteiger partial charge in [0.05, 0.1) is 19.0 Å². The van der Waals surface area contributed by atoms with Crippen molar-refractivity contribution < 1.29 is 13.2 Å². The van der Waals surface area contributed by atoms with Crippen molar-refractivity contribution in [2.24, 2.45) is 0 Å². The van der Waals surface area contributed by atoms with Gasteiger partial charge < -0.3 is 4.74 Å². The number of sulfonamides is 1. The molecule has 1 heterocycles. The second-order valence-corrected chi connectivity index (χ2v) is 6.09. The predicted molar refractivity (Wildman–Crippen MR) is 63.9 cm³/mol. The first-order chi connectivity index (χ1) is 7.55. The molecule has 0 bridgehead atoms. The van der Waals surface area contributed by atoms with E-state index in [1.165, 1.54) is 0 Å². The first kappa shape index (κ1) is 13.9. The lowest BCUT2D eigenvalue weighted by atomic mass is 10.2. The summed E-state index contributed by atoms with van der Waals surface area (Å²) in [5.41, 5.74) is 0. The van der Waals surface area contributed by atoms with Gasteiger partial charge in [0.25, 0.3) is 0 Å². The molecule has 1 atom stereocenters. The highest BCUT2D eigenvalue weighted by Gasteiger charge is 2.18. The fourth-order valence-corrected chi connectivity index (χ4v) is 2.91. The van der Waals surface area contributed by atoms with E-state index in [-0.39, 0.29) is 11.8 Å². The Morgan fingerprint density at radius 3 is 2.56 bits per heavy atom. The van der Waals surface area contributed by atoms with Crippen LogP contribution in [0, 0.1) is 0 Å². The van der Waals surface area contributed by atoms with Crippen LogP contribution in [0.1, 0.15) is 20.3 Å². The molecule has 1 aliphatic rings. The average molecular weight is 250 g/mol. The number of hydrogen-bond acceptors (Lipinski definition) is 4. The van der Waals surface area contributed by atoms with Crippen molar-refractivity contribution >= 4 is 10.0 Å². The molecule has 0 amide bonds. The Balaban J connectivity index is 2.31.